The summed E-state index contributed by atoms with van der Waals surface area (Å²) in [4.78, 5) is 11.3. The fraction of sp³-hybridized carbons (Fsp3) is 0.176. The first-order chi connectivity index (χ1) is 12.1. The van der Waals surface area contributed by atoms with Gasteiger partial charge in [0.15, 0.2) is 5.76 Å². The Hall–Kier alpha value is -2.87. The van der Waals surface area contributed by atoms with Crippen molar-refractivity contribution in [1.29, 1.82) is 0 Å². The molecule has 1 N–H and O–H groups in total. The van der Waals surface area contributed by atoms with E-state index in [0.29, 0.717) is 22.5 Å². The summed E-state index contributed by atoms with van der Waals surface area (Å²) in [7, 11) is 0. The SMILES string of the molecule is Cc1ccc(C2=Nn3c(nnc3-c3ccco3)S[C@@H]2CC(=O)O)cc1. The summed E-state index contributed by atoms with van der Waals surface area (Å²) < 4.78 is 7.00. The number of aryl methyl sites for hydroxylation is 1. The van der Waals surface area contributed by atoms with Crippen LogP contribution in [0.15, 0.2) is 57.3 Å². The van der Waals surface area contributed by atoms with E-state index in [-0.39, 0.29) is 11.7 Å². The van der Waals surface area contributed by atoms with Gasteiger partial charge < -0.3 is 9.52 Å². The van der Waals surface area contributed by atoms with Crippen LogP contribution in [0.5, 0.6) is 0 Å². The van der Waals surface area contributed by atoms with Crippen molar-refractivity contribution in [2.24, 2.45) is 5.10 Å². The molecule has 0 fully saturated rings. The molecule has 1 aliphatic rings. The van der Waals surface area contributed by atoms with Gasteiger partial charge in [-0.05, 0) is 24.6 Å². The van der Waals surface area contributed by atoms with Crippen LogP contribution in [0.3, 0.4) is 0 Å². The average molecular weight is 354 g/mol. The molecule has 0 spiro atoms. The lowest BCUT2D eigenvalue weighted by atomic mass is 10.0. The Morgan fingerprint density at radius 3 is 2.76 bits per heavy atom. The van der Waals surface area contributed by atoms with Gasteiger partial charge in [-0.3, -0.25) is 4.79 Å². The highest BCUT2D eigenvalue weighted by Gasteiger charge is 2.31. The molecule has 7 nitrogen and oxygen atoms in total. The molecular formula is C17H14N4O3S. The number of hydrogen-bond donors (Lipinski definition) is 1. The summed E-state index contributed by atoms with van der Waals surface area (Å²) in [6, 6.07) is 11.4. The molecule has 3 aromatic rings. The minimum Gasteiger partial charge on any atom is -0.481 e. The number of carboxylic acid groups (broad SMARTS) is 1. The smallest absolute Gasteiger partial charge is 0.304 e. The molecule has 1 aliphatic heterocycles. The molecule has 0 radical (unpaired) electrons. The summed E-state index contributed by atoms with van der Waals surface area (Å²) in [5, 5.41) is 22.4. The van der Waals surface area contributed by atoms with Crippen LogP contribution in [-0.4, -0.2) is 36.9 Å². The van der Waals surface area contributed by atoms with E-state index in [4.69, 9.17) is 4.42 Å². The van der Waals surface area contributed by atoms with Gasteiger partial charge in [0.05, 0.1) is 23.6 Å². The first-order valence-electron chi connectivity index (χ1n) is 7.65. The maximum atomic E-state index is 11.3. The molecule has 126 valence electrons. The zero-order chi connectivity index (χ0) is 17.4. The van der Waals surface area contributed by atoms with Crippen LogP contribution >= 0.6 is 11.8 Å². The fourth-order valence-corrected chi connectivity index (χ4v) is 3.70. The molecular weight excluding hydrogens is 340 g/mol. The van der Waals surface area contributed by atoms with Crippen LogP contribution in [0.1, 0.15) is 17.5 Å². The first-order valence-corrected chi connectivity index (χ1v) is 8.53. The van der Waals surface area contributed by atoms with Crippen LogP contribution in [0, 0.1) is 6.92 Å². The van der Waals surface area contributed by atoms with E-state index < -0.39 is 5.97 Å². The number of rotatable bonds is 4. The molecule has 0 unspecified atom stereocenters. The van der Waals surface area contributed by atoms with Crippen molar-refractivity contribution in [2.75, 3.05) is 0 Å². The molecule has 0 saturated heterocycles. The van der Waals surface area contributed by atoms with Crippen molar-refractivity contribution in [3.05, 3.63) is 53.8 Å². The summed E-state index contributed by atoms with van der Waals surface area (Å²) in [5.41, 5.74) is 2.70. The van der Waals surface area contributed by atoms with Gasteiger partial charge in [0.1, 0.15) is 0 Å². The zero-order valence-corrected chi connectivity index (χ0v) is 14.1. The number of aliphatic carboxylic acids is 1. The van der Waals surface area contributed by atoms with Crippen molar-refractivity contribution in [1.82, 2.24) is 14.9 Å². The second kappa shape index (κ2) is 6.21. The highest BCUT2D eigenvalue weighted by atomic mass is 32.2. The van der Waals surface area contributed by atoms with Crippen LogP contribution < -0.4 is 0 Å². The minimum atomic E-state index is -0.878. The number of aromatic nitrogens is 3. The van der Waals surface area contributed by atoms with E-state index in [1.165, 1.54) is 11.8 Å². The lowest BCUT2D eigenvalue weighted by molar-refractivity contribution is -0.136. The Morgan fingerprint density at radius 2 is 2.08 bits per heavy atom. The third-order valence-electron chi connectivity index (χ3n) is 3.82. The highest BCUT2D eigenvalue weighted by molar-refractivity contribution is 8.00. The van der Waals surface area contributed by atoms with Crippen molar-refractivity contribution < 1.29 is 14.3 Å². The van der Waals surface area contributed by atoms with Crippen molar-refractivity contribution in [3.63, 3.8) is 0 Å². The monoisotopic (exact) mass is 354 g/mol. The van der Waals surface area contributed by atoms with E-state index in [9.17, 15) is 9.90 Å². The standard InChI is InChI=1S/C17H14N4O3S/c1-10-4-6-11(7-5-10)15-13(9-14(22)23)25-17-19-18-16(21(17)20-15)12-3-2-8-24-12/h2-8,13H,9H2,1H3,(H,22,23)/t13-/m1/s1. The summed E-state index contributed by atoms with van der Waals surface area (Å²) >= 11 is 1.35. The third kappa shape index (κ3) is 2.96. The summed E-state index contributed by atoms with van der Waals surface area (Å²) in [6.45, 7) is 2.00. The molecule has 0 aliphatic carbocycles. The van der Waals surface area contributed by atoms with Crippen molar-refractivity contribution >= 4 is 23.4 Å². The first kappa shape index (κ1) is 15.6. The number of nitrogens with zero attached hydrogens (tertiary/aromatic N) is 4. The normalized spacial score (nSPS) is 16.4. The lowest BCUT2D eigenvalue weighted by Gasteiger charge is -2.21. The molecule has 0 amide bonds. The Kier molecular flexibility index (Phi) is 3.89. The van der Waals surface area contributed by atoms with Gasteiger partial charge in [-0.2, -0.15) is 9.78 Å². The fourth-order valence-electron chi connectivity index (χ4n) is 2.61. The third-order valence-corrected chi connectivity index (χ3v) is 4.96. The molecule has 0 bridgehead atoms. The van der Waals surface area contributed by atoms with Crippen molar-refractivity contribution in [3.8, 4) is 11.6 Å². The van der Waals surface area contributed by atoms with Crippen LogP contribution in [-0.2, 0) is 4.79 Å². The van der Waals surface area contributed by atoms with Gasteiger partial charge in [-0.15, -0.1) is 10.2 Å². The number of carbonyl (C=O) groups is 1. The maximum Gasteiger partial charge on any atom is 0.304 e. The number of thioether (sulfide) groups is 1. The van der Waals surface area contributed by atoms with Gasteiger partial charge in [0.25, 0.3) is 0 Å². The highest BCUT2D eigenvalue weighted by Crippen LogP contribution is 2.34. The Labute approximate surface area is 147 Å². The largest absolute Gasteiger partial charge is 0.481 e. The molecule has 3 heterocycles. The number of fused-ring (bicyclic) bond motifs is 1. The number of hydrogen-bond acceptors (Lipinski definition) is 6. The average Bonchev–Trinajstić information content (AvgIpc) is 3.23. The number of carboxylic acids is 1. The molecule has 1 atom stereocenters. The molecule has 25 heavy (non-hydrogen) atoms. The molecule has 2 aromatic heterocycles. The summed E-state index contributed by atoms with van der Waals surface area (Å²) in [5.74, 6) is 0.172. The molecule has 8 heteroatoms. The number of furan rings is 1. The predicted molar refractivity (Wildman–Crippen MR) is 92.7 cm³/mol. The van der Waals surface area contributed by atoms with Gasteiger partial charge in [-0.1, -0.05) is 41.6 Å². The quantitative estimate of drug-likeness (QED) is 0.774. The topological polar surface area (TPSA) is 93.5 Å². The Bertz CT molecular complexity index is 945. The van der Waals surface area contributed by atoms with E-state index in [1.807, 2.05) is 31.2 Å². The maximum absolute atomic E-state index is 11.3. The minimum absolute atomic E-state index is 0.0413. The second-order valence-corrected chi connectivity index (χ2v) is 6.82. The van der Waals surface area contributed by atoms with Crippen LogP contribution in [0.4, 0.5) is 0 Å². The van der Waals surface area contributed by atoms with E-state index in [2.05, 4.69) is 15.3 Å². The molecule has 0 saturated carbocycles. The molecule has 4 rings (SSSR count). The number of benzene rings is 1. The Balaban J connectivity index is 1.82. The molecule has 1 aromatic carbocycles. The second-order valence-electron chi connectivity index (χ2n) is 5.65. The van der Waals surface area contributed by atoms with Crippen molar-refractivity contribution in [2.45, 2.75) is 23.8 Å². The lowest BCUT2D eigenvalue weighted by Crippen LogP contribution is -2.27. The van der Waals surface area contributed by atoms with E-state index in [0.717, 1.165) is 11.1 Å². The van der Waals surface area contributed by atoms with Gasteiger partial charge >= 0.3 is 5.97 Å². The van der Waals surface area contributed by atoms with Crippen LogP contribution in [0.2, 0.25) is 0 Å². The van der Waals surface area contributed by atoms with Gasteiger partial charge in [0.2, 0.25) is 11.0 Å². The Morgan fingerprint density at radius 1 is 1.28 bits per heavy atom. The van der Waals surface area contributed by atoms with Gasteiger partial charge in [0, 0.05) is 0 Å². The predicted octanol–water partition coefficient (Wildman–Crippen LogP) is 3.05. The van der Waals surface area contributed by atoms with E-state index in [1.54, 1.807) is 23.1 Å². The summed E-state index contributed by atoms with van der Waals surface area (Å²) in [6.07, 6.45) is 1.52. The van der Waals surface area contributed by atoms with Crippen LogP contribution in [0.25, 0.3) is 11.6 Å². The zero-order valence-electron chi connectivity index (χ0n) is 13.3. The van der Waals surface area contributed by atoms with Gasteiger partial charge in [-0.25, -0.2) is 0 Å². The van der Waals surface area contributed by atoms with E-state index >= 15 is 0 Å².